The lowest BCUT2D eigenvalue weighted by molar-refractivity contribution is 0.415. The van der Waals surface area contributed by atoms with E-state index in [1.807, 2.05) is 31.4 Å². The van der Waals surface area contributed by atoms with E-state index < -0.39 is 0 Å². The largest absolute Gasteiger partial charge is 0.497 e. The number of rotatable bonds is 2. The Hall–Kier alpha value is -1.75. The Bertz CT molecular complexity index is 736. The van der Waals surface area contributed by atoms with Crippen LogP contribution in [0.1, 0.15) is 5.56 Å². The zero-order valence-corrected chi connectivity index (χ0v) is 11.3. The monoisotopic (exact) mass is 259 g/mol. The highest BCUT2D eigenvalue weighted by Gasteiger charge is 2.11. The molecular formula is C13H13N3OS. The number of aryl methyl sites for hydroxylation is 1. The number of ether oxygens (including phenoxy) is 1. The fourth-order valence-corrected chi connectivity index (χ4v) is 2.64. The summed E-state index contributed by atoms with van der Waals surface area (Å²) in [6.45, 7) is 2.05. The first-order valence-corrected chi connectivity index (χ1v) is 6.83. The van der Waals surface area contributed by atoms with Gasteiger partial charge in [-0.05, 0) is 43.0 Å². The molecule has 1 aromatic carbocycles. The molecule has 3 rings (SSSR count). The molecule has 2 heterocycles. The maximum Gasteiger partial charge on any atom is 0.195 e. The molecule has 18 heavy (non-hydrogen) atoms. The van der Waals surface area contributed by atoms with Gasteiger partial charge in [-0.2, -0.15) is 0 Å². The number of thioether (sulfide) groups is 1. The Labute approximate surface area is 109 Å². The molecule has 0 amide bonds. The van der Waals surface area contributed by atoms with E-state index in [2.05, 4.69) is 20.7 Å². The molecule has 4 nitrogen and oxygen atoms in total. The summed E-state index contributed by atoms with van der Waals surface area (Å²) >= 11 is 1.60. The zero-order chi connectivity index (χ0) is 12.7. The van der Waals surface area contributed by atoms with E-state index in [4.69, 9.17) is 4.74 Å². The van der Waals surface area contributed by atoms with Crippen LogP contribution in [0.2, 0.25) is 0 Å². The van der Waals surface area contributed by atoms with Crippen molar-refractivity contribution in [2.24, 2.45) is 0 Å². The van der Waals surface area contributed by atoms with Gasteiger partial charge in [-0.15, -0.1) is 10.2 Å². The van der Waals surface area contributed by atoms with Crippen molar-refractivity contribution in [1.29, 1.82) is 0 Å². The van der Waals surface area contributed by atoms with E-state index in [1.165, 1.54) is 0 Å². The second-order valence-corrected chi connectivity index (χ2v) is 4.87. The minimum Gasteiger partial charge on any atom is -0.497 e. The van der Waals surface area contributed by atoms with E-state index in [-0.39, 0.29) is 0 Å². The Morgan fingerprint density at radius 2 is 2.06 bits per heavy atom. The number of pyridine rings is 1. The van der Waals surface area contributed by atoms with Crippen molar-refractivity contribution in [1.82, 2.24) is 14.6 Å². The van der Waals surface area contributed by atoms with E-state index >= 15 is 0 Å². The number of hydrogen-bond acceptors (Lipinski definition) is 4. The van der Waals surface area contributed by atoms with Gasteiger partial charge in [0.15, 0.2) is 10.8 Å². The van der Waals surface area contributed by atoms with Crippen LogP contribution in [0.5, 0.6) is 5.75 Å². The number of fused-ring (bicyclic) bond motifs is 3. The molecule has 0 atom stereocenters. The van der Waals surface area contributed by atoms with Crippen LogP contribution in [0, 0.1) is 6.92 Å². The quantitative estimate of drug-likeness (QED) is 0.663. The zero-order valence-electron chi connectivity index (χ0n) is 10.5. The third kappa shape index (κ3) is 1.54. The Morgan fingerprint density at radius 1 is 1.22 bits per heavy atom. The molecule has 0 saturated heterocycles. The van der Waals surface area contributed by atoms with Crippen LogP contribution in [0.4, 0.5) is 0 Å². The summed E-state index contributed by atoms with van der Waals surface area (Å²) < 4.78 is 7.36. The van der Waals surface area contributed by atoms with Crippen LogP contribution in [-0.2, 0) is 0 Å². The van der Waals surface area contributed by atoms with Crippen LogP contribution in [0.15, 0.2) is 29.4 Å². The third-order valence-electron chi connectivity index (χ3n) is 3.02. The van der Waals surface area contributed by atoms with E-state index in [0.717, 1.165) is 33.0 Å². The summed E-state index contributed by atoms with van der Waals surface area (Å²) in [6, 6.07) is 8.16. The maximum absolute atomic E-state index is 5.27. The molecule has 0 bridgehead atoms. The molecule has 92 valence electrons. The molecule has 0 fully saturated rings. The molecule has 0 spiro atoms. The molecule has 0 unspecified atom stereocenters. The van der Waals surface area contributed by atoms with Crippen LogP contribution in [0.3, 0.4) is 0 Å². The lowest BCUT2D eigenvalue weighted by Gasteiger charge is -2.07. The average molecular weight is 259 g/mol. The fraction of sp³-hybridized carbons (Fsp3) is 0.231. The Morgan fingerprint density at radius 3 is 2.78 bits per heavy atom. The predicted octanol–water partition coefficient (Wildman–Crippen LogP) is 2.92. The first kappa shape index (κ1) is 11.3. The number of nitrogens with zero attached hydrogens (tertiary/aromatic N) is 3. The van der Waals surface area contributed by atoms with Gasteiger partial charge in [-0.3, -0.25) is 4.40 Å². The van der Waals surface area contributed by atoms with Gasteiger partial charge in [-0.1, -0.05) is 11.8 Å². The minimum absolute atomic E-state index is 0.861. The topological polar surface area (TPSA) is 39.4 Å². The molecule has 0 aliphatic heterocycles. The molecule has 0 aliphatic carbocycles. The van der Waals surface area contributed by atoms with Crippen molar-refractivity contribution in [3.05, 3.63) is 29.8 Å². The number of benzene rings is 1. The summed E-state index contributed by atoms with van der Waals surface area (Å²) in [5, 5.41) is 10.5. The minimum atomic E-state index is 0.861. The molecular weight excluding hydrogens is 246 g/mol. The predicted molar refractivity (Wildman–Crippen MR) is 73.6 cm³/mol. The van der Waals surface area contributed by atoms with Gasteiger partial charge in [0.25, 0.3) is 0 Å². The number of methoxy groups -OCH3 is 1. The van der Waals surface area contributed by atoms with E-state index in [1.54, 1.807) is 18.9 Å². The lowest BCUT2D eigenvalue weighted by Crippen LogP contribution is -1.93. The first-order valence-electron chi connectivity index (χ1n) is 5.61. The van der Waals surface area contributed by atoms with Crippen molar-refractivity contribution in [3.8, 4) is 5.75 Å². The summed E-state index contributed by atoms with van der Waals surface area (Å²) in [5.41, 5.74) is 3.13. The molecule has 0 radical (unpaired) electrons. The van der Waals surface area contributed by atoms with Gasteiger partial charge in [0.2, 0.25) is 0 Å². The SMILES string of the molecule is COc1ccc2c(c1)cc(C)c1nnc(SC)n12. The second-order valence-electron chi connectivity index (χ2n) is 4.10. The summed E-state index contributed by atoms with van der Waals surface area (Å²) in [4.78, 5) is 0. The fourth-order valence-electron chi connectivity index (χ4n) is 2.15. The molecule has 5 heteroatoms. The van der Waals surface area contributed by atoms with Crippen LogP contribution in [-0.4, -0.2) is 28.0 Å². The highest BCUT2D eigenvalue weighted by Crippen LogP contribution is 2.27. The van der Waals surface area contributed by atoms with Crippen molar-refractivity contribution < 1.29 is 4.74 Å². The lowest BCUT2D eigenvalue weighted by atomic mass is 10.1. The van der Waals surface area contributed by atoms with Crippen molar-refractivity contribution >= 4 is 28.3 Å². The Balaban J connectivity index is 2.47. The number of aromatic nitrogens is 3. The second kappa shape index (κ2) is 4.17. The normalized spacial score (nSPS) is 11.3. The van der Waals surface area contributed by atoms with Gasteiger partial charge < -0.3 is 4.74 Å². The van der Waals surface area contributed by atoms with Gasteiger partial charge in [0.05, 0.1) is 12.6 Å². The summed E-state index contributed by atoms with van der Waals surface area (Å²) in [5.74, 6) is 0.861. The van der Waals surface area contributed by atoms with E-state index in [9.17, 15) is 0 Å². The van der Waals surface area contributed by atoms with Crippen molar-refractivity contribution in [2.75, 3.05) is 13.4 Å². The highest BCUT2D eigenvalue weighted by molar-refractivity contribution is 7.98. The van der Waals surface area contributed by atoms with Gasteiger partial charge >= 0.3 is 0 Å². The van der Waals surface area contributed by atoms with E-state index in [0.29, 0.717) is 0 Å². The summed E-state index contributed by atoms with van der Waals surface area (Å²) in [6.07, 6.45) is 2.01. The van der Waals surface area contributed by atoms with Crippen molar-refractivity contribution in [3.63, 3.8) is 0 Å². The van der Waals surface area contributed by atoms with Gasteiger partial charge in [-0.25, -0.2) is 0 Å². The summed E-state index contributed by atoms with van der Waals surface area (Å²) in [7, 11) is 1.68. The van der Waals surface area contributed by atoms with Gasteiger partial charge in [0.1, 0.15) is 5.75 Å². The smallest absolute Gasteiger partial charge is 0.195 e. The first-order chi connectivity index (χ1) is 8.74. The third-order valence-corrected chi connectivity index (χ3v) is 3.65. The Kier molecular flexibility index (Phi) is 2.63. The average Bonchev–Trinajstić information content (AvgIpc) is 2.82. The molecule has 0 aliphatic rings. The number of hydrogen-bond donors (Lipinski definition) is 0. The molecule has 0 N–H and O–H groups in total. The molecule has 3 aromatic rings. The van der Waals surface area contributed by atoms with Crippen LogP contribution in [0.25, 0.3) is 16.6 Å². The molecule has 2 aromatic heterocycles. The van der Waals surface area contributed by atoms with Crippen LogP contribution >= 0.6 is 11.8 Å². The molecule has 0 saturated carbocycles. The highest BCUT2D eigenvalue weighted by atomic mass is 32.2. The van der Waals surface area contributed by atoms with Crippen LogP contribution < -0.4 is 4.74 Å². The standard InChI is InChI=1S/C13H13N3OS/c1-8-6-9-7-10(17-2)4-5-11(9)16-12(8)14-15-13(16)18-3/h4-7H,1-3H3. The van der Waals surface area contributed by atoms with Crippen molar-refractivity contribution in [2.45, 2.75) is 12.1 Å². The maximum atomic E-state index is 5.27. The van der Waals surface area contributed by atoms with Gasteiger partial charge in [0, 0.05) is 5.39 Å².